The van der Waals surface area contributed by atoms with Crippen molar-refractivity contribution >= 4 is 21.9 Å². The molecule has 0 amide bonds. The molecule has 0 aromatic heterocycles. The summed E-state index contributed by atoms with van der Waals surface area (Å²) in [5.41, 5.74) is 0.117. The van der Waals surface area contributed by atoms with Gasteiger partial charge in [-0.2, -0.15) is 13.2 Å². The van der Waals surface area contributed by atoms with Crippen molar-refractivity contribution < 1.29 is 27.8 Å². The Bertz CT molecular complexity index is 418. The number of rotatable bonds is 4. The third kappa shape index (κ3) is 4.74. The van der Waals surface area contributed by atoms with Crippen LogP contribution in [0.15, 0.2) is 22.7 Å². The molecule has 1 aromatic rings. The van der Waals surface area contributed by atoms with E-state index in [1.807, 2.05) is 0 Å². The topological polar surface area (TPSA) is 46.5 Å². The fourth-order valence-electron chi connectivity index (χ4n) is 1.17. The lowest BCUT2D eigenvalue weighted by Crippen LogP contribution is -2.17. The lowest BCUT2D eigenvalue weighted by Gasteiger charge is -2.09. The summed E-state index contributed by atoms with van der Waals surface area (Å²) >= 11 is 3.11. The van der Waals surface area contributed by atoms with Crippen LogP contribution in [0.2, 0.25) is 0 Å². The Balaban J connectivity index is 2.75. The summed E-state index contributed by atoms with van der Waals surface area (Å²) in [6.07, 6.45) is -4.42. The van der Waals surface area contributed by atoms with Gasteiger partial charge in [0.2, 0.25) is 0 Å². The van der Waals surface area contributed by atoms with Crippen molar-refractivity contribution in [3.05, 3.63) is 33.8 Å². The van der Waals surface area contributed by atoms with E-state index >= 15 is 0 Å². The predicted octanol–water partition coefficient (Wildman–Crippen LogP) is 3.23. The fourth-order valence-corrected chi connectivity index (χ4v) is 1.58. The molecule has 7 heteroatoms. The van der Waals surface area contributed by atoms with Crippen LogP contribution in [-0.2, 0) is 11.3 Å². The van der Waals surface area contributed by atoms with Gasteiger partial charge in [0.05, 0.1) is 12.2 Å². The van der Waals surface area contributed by atoms with Crippen molar-refractivity contribution in [1.29, 1.82) is 0 Å². The Morgan fingerprint density at radius 3 is 2.59 bits per heavy atom. The van der Waals surface area contributed by atoms with Crippen molar-refractivity contribution in [3.63, 3.8) is 0 Å². The summed E-state index contributed by atoms with van der Waals surface area (Å²) in [6, 6.07) is 4.22. The smallest absolute Gasteiger partial charge is 0.411 e. The van der Waals surface area contributed by atoms with Crippen LogP contribution in [0.3, 0.4) is 0 Å². The van der Waals surface area contributed by atoms with E-state index in [4.69, 9.17) is 5.11 Å². The summed E-state index contributed by atoms with van der Waals surface area (Å²) in [5, 5.41) is 8.82. The van der Waals surface area contributed by atoms with Gasteiger partial charge in [0.1, 0.15) is 6.61 Å². The molecule has 0 atom stereocenters. The zero-order chi connectivity index (χ0) is 13.1. The van der Waals surface area contributed by atoms with Gasteiger partial charge in [0, 0.05) is 4.47 Å². The molecule has 1 N–H and O–H groups in total. The number of halogens is 4. The van der Waals surface area contributed by atoms with Crippen LogP contribution in [0.4, 0.5) is 13.2 Å². The van der Waals surface area contributed by atoms with Crippen LogP contribution in [0.25, 0.3) is 0 Å². The molecule has 0 saturated carbocycles. The number of hydrogen-bond donors (Lipinski definition) is 1. The highest BCUT2D eigenvalue weighted by Crippen LogP contribution is 2.20. The first kappa shape index (κ1) is 14.0. The minimum absolute atomic E-state index is 0.0737. The summed E-state index contributed by atoms with van der Waals surface area (Å²) < 4.78 is 40.5. The van der Waals surface area contributed by atoms with Crippen LogP contribution < -0.4 is 0 Å². The van der Waals surface area contributed by atoms with Crippen molar-refractivity contribution in [2.24, 2.45) is 0 Å². The third-order valence-corrected chi connectivity index (χ3v) is 2.31. The molecule has 0 fully saturated rings. The molecule has 17 heavy (non-hydrogen) atoms. The number of hydrogen-bond acceptors (Lipinski definition) is 2. The second kappa shape index (κ2) is 5.50. The molecule has 0 aliphatic rings. The van der Waals surface area contributed by atoms with E-state index in [0.29, 0.717) is 4.47 Å². The minimum Gasteiger partial charge on any atom is -0.478 e. The van der Waals surface area contributed by atoms with Gasteiger partial charge in [0.15, 0.2) is 0 Å². The Kier molecular flexibility index (Phi) is 4.53. The van der Waals surface area contributed by atoms with Crippen LogP contribution in [-0.4, -0.2) is 23.9 Å². The molecule has 0 bridgehead atoms. The monoisotopic (exact) mass is 312 g/mol. The average Bonchev–Trinajstić information content (AvgIpc) is 2.15. The molecule has 0 radical (unpaired) electrons. The highest BCUT2D eigenvalue weighted by Gasteiger charge is 2.27. The van der Waals surface area contributed by atoms with E-state index < -0.39 is 25.4 Å². The molecule has 1 aromatic carbocycles. The Morgan fingerprint density at radius 2 is 2.06 bits per heavy atom. The van der Waals surface area contributed by atoms with Crippen molar-refractivity contribution in [3.8, 4) is 0 Å². The molecule has 3 nitrogen and oxygen atoms in total. The van der Waals surface area contributed by atoms with Crippen LogP contribution >= 0.6 is 15.9 Å². The van der Waals surface area contributed by atoms with Gasteiger partial charge < -0.3 is 9.84 Å². The summed E-state index contributed by atoms with van der Waals surface area (Å²) in [5.74, 6) is -1.21. The maximum absolute atomic E-state index is 11.8. The summed E-state index contributed by atoms with van der Waals surface area (Å²) in [7, 11) is 0. The largest absolute Gasteiger partial charge is 0.478 e. The summed E-state index contributed by atoms with van der Waals surface area (Å²) in [6.45, 7) is -1.81. The fraction of sp³-hybridized carbons (Fsp3) is 0.300. The zero-order valence-corrected chi connectivity index (χ0v) is 10.0. The SMILES string of the molecule is O=C(O)c1ccc(Br)cc1COCC(F)(F)F. The van der Waals surface area contributed by atoms with Gasteiger partial charge in [-0.25, -0.2) is 4.79 Å². The maximum atomic E-state index is 11.8. The van der Waals surface area contributed by atoms with E-state index in [-0.39, 0.29) is 11.1 Å². The van der Waals surface area contributed by atoms with Gasteiger partial charge in [-0.1, -0.05) is 15.9 Å². The predicted molar refractivity (Wildman–Crippen MR) is 56.8 cm³/mol. The van der Waals surface area contributed by atoms with Gasteiger partial charge in [-0.05, 0) is 23.8 Å². The Hall–Kier alpha value is -1.08. The summed E-state index contributed by atoms with van der Waals surface area (Å²) in [4.78, 5) is 10.8. The second-order valence-electron chi connectivity index (χ2n) is 3.21. The number of carboxylic acids is 1. The minimum atomic E-state index is -4.42. The number of aromatic carboxylic acids is 1. The number of alkyl halides is 3. The standard InChI is InChI=1S/C10H8BrF3O3/c11-7-1-2-8(9(15)16)6(3-7)4-17-5-10(12,13)14/h1-3H,4-5H2,(H,15,16). The van der Waals surface area contributed by atoms with Gasteiger partial charge >= 0.3 is 12.1 Å². The first-order valence-corrected chi connectivity index (χ1v) is 5.25. The first-order chi connectivity index (χ1) is 7.79. The number of ether oxygens (including phenoxy) is 1. The normalized spacial score (nSPS) is 11.5. The molecule has 1 rings (SSSR count). The molecule has 0 heterocycles. The highest BCUT2D eigenvalue weighted by atomic mass is 79.9. The van der Waals surface area contributed by atoms with Crippen LogP contribution in [0, 0.1) is 0 Å². The number of benzene rings is 1. The van der Waals surface area contributed by atoms with E-state index in [2.05, 4.69) is 20.7 Å². The van der Waals surface area contributed by atoms with Crippen molar-refractivity contribution in [1.82, 2.24) is 0 Å². The maximum Gasteiger partial charge on any atom is 0.411 e. The molecule has 0 unspecified atom stereocenters. The van der Waals surface area contributed by atoms with Crippen LogP contribution in [0.5, 0.6) is 0 Å². The second-order valence-corrected chi connectivity index (χ2v) is 4.13. The molecular weight excluding hydrogens is 305 g/mol. The quantitative estimate of drug-likeness (QED) is 0.928. The molecule has 0 spiro atoms. The average molecular weight is 313 g/mol. The Labute approximate surface area is 103 Å². The van der Waals surface area contributed by atoms with E-state index in [0.717, 1.165) is 0 Å². The van der Waals surface area contributed by atoms with Crippen LogP contribution in [0.1, 0.15) is 15.9 Å². The number of carbonyl (C=O) groups is 1. The van der Waals surface area contributed by atoms with Crippen molar-refractivity contribution in [2.75, 3.05) is 6.61 Å². The third-order valence-electron chi connectivity index (χ3n) is 1.82. The molecular formula is C10H8BrF3O3. The highest BCUT2D eigenvalue weighted by molar-refractivity contribution is 9.10. The van der Waals surface area contributed by atoms with E-state index in [1.54, 1.807) is 0 Å². The lowest BCUT2D eigenvalue weighted by atomic mass is 10.1. The molecule has 94 valence electrons. The first-order valence-electron chi connectivity index (χ1n) is 4.46. The van der Waals surface area contributed by atoms with Crippen molar-refractivity contribution in [2.45, 2.75) is 12.8 Å². The van der Waals surface area contributed by atoms with Gasteiger partial charge in [0.25, 0.3) is 0 Å². The van der Waals surface area contributed by atoms with E-state index in [9.17, 15) is 18.0 Å². The Morgan fingerprint density at radius 1 is 1.41 bits per heavy atom. The van der Waals surface area contributed by atoms with E-state index in [1.165, 1.54) is 18.2 Å². The molecule has 0 saturated heterocycles. The lowest BCUT2D eigenvalue weighted by molar-refractivity contribution is -0.176. The van der Waals surface area contributed by atoms with Gasteiger partial charge in [-0.15, -0.1) is 0 Å². The molecule has 0 aliphatic heterocycles. The number of carboxylic acid groups (broad SMARTS) is 1. The van der Waals surface area contributed by atoms with Gasteiger partial charge in [-0.3, -0.25) is 0 Å². The molecule has 0 aliphatic carbocycles. The zero-order valence-electron chi connectivity index (χ0n) is 8.42.